The summed E-state index contributed by atoms with van der Waals surface area (Å²) in [5.74, 6) is -15.0. The Kier molecular flexibility index (Phi) is 23.8. The number of nitrogens with two attached hydrogens (primary N) is 2. The molecular formula is C68H80Cl2N10O24. The fourth-order valence-electron chi connectivity index (χ4n) is 12.8. The summed E-state index contributed by atoms with van der Waals surface area (Å²) in [5.41, 5.74) is 8.36. The van der Waals surface area contributed by atoms with Crippen molar-refractivity contribution in [2.24, 2.45) is 17.4 Å². The molecule has 11 bridgehead atoms. The molecule has 36 heteroatoms. The SMILES string of the molecule is CN[C@H](CC(C)C)C(=O)N[C@H]1C(=O)N[C@@H](CC(N)=O)C(=O)N[C@H]2C(=O)N[C@H]3C(=O)N[C@H](C(=O)N[C@H](C(=O)NCCO)c4cc(O)cc(O)c4-c4cc3ccc4O)[C@H](O)c3ccc(c(Cl)c3)Oc3cc2cc(c3O[C@@H]2O[C@H](CO)[C@@H](O)[C@H](O)[C@H]2O[C@H]2C[C@](C)(N)[C@H](O)[C@H](C)O2)Oc2ccc(cc2Cl)[C@H]1O. The van der Waals surface area contributed by atoms with Crippen LogP contribution in [0, 0.1) is 5.92 Å². The third-order valence-corrected chi connectivity index (χ3v) is 18.8. The monoisotopic (exact) mass is 1490 g/mol. The minimum Gasteiger partial charge on any atom is -0.508 e. The zero-order valence-corrected chi connectivity index (χ0v) is 57.8. The van der Waals surface area contributed by atoms with Gasteiger partial charge in [-0.2, -0.15) is 0 Å². The van der Waals surface area contributed by atoms with E-state index in [1.807, 2.05) is 13.8 Å². The van der Waals surface area contributed by atoms with E-state index in [1.165, 1.54) is 39.1 Å². The molecule has 12 rings (SSSR count). The van der Waals surface area contributed by atoms with Gasteiger partial charge in [0.25, 0.3) is 0 Å². The highest BCUT2D eigenvalue weighted by atomic mass is 35.5. The van der Waals surface area contributed by atoms with E-state index < -0.39 is 244 Å². The molecule has 7 heterocycles. The van der Waals surface area contributed by atoms with Crippen LogP contribution in [0.5, 0.6) is 46.0 Å². The second-order valence-electron chi connectivity index (χ2n) is 26.4. The maximum absolute atomic E-state index is 16.1. The second kappa shape index (κ2) is 32.0. The van der Waals surface area contributed by atoms with E-state index in [4.69, 9.17) is 63.1 Å². The molecule has 7 aliphatic rings. The van der Waals surface area contributed by atoms with Crippen molar-refractivity contribution in [2.45, 2.75) is 156 Å². The first kappa shape index (κ1) is 77.4. The second-order valence-corrected chi connectivity index (χ2v) is 27.2. The van der Waals surface area contributed by atoms with Crippen LogP contribution in [0.1, 0.15) is 105 Å². The molecule has 0 radical (unpaired) electrons. The molecule has 5 aromatic rings. The summed E-state index contributed by atoms with van der Waals surface area (Å²) in [7, 11) is 1.47. The molecule has 2 saturated heterocycles. The molecular weight excluding hydrogens is 1410 g/mol. The number of nitrogens with one attached hydrogen (secondary N) is 8. The number of aromatic hydroxyl groups is 3. The van der Waals surface area contributed by atoms with E-state index in [2.05, 4.69) is 42.5 Å². The van der Waals surface area contributed by atoms with Crippen LogP contribution in [0.3, 0.4) is 0 Å². The predicted octanol–water partition coefficient (Wildman–Crippen LogP) is -0.870. The number of phenolic OH excluding ortho intramolecular Hbond substituents is 3. The normalized spacial score (nSPS) is 28.9. The van der Waals surface area contributed by atoms with E-state index in [-0.39, 0.29) is 52.0 Å². The first-order valence-electron chi connectivity index (χ1n) is 32.8. The lowest BCUT2D eigenvalue weighted by molar-refractivity contribution is -0.333. The Hall–Kier alpha value is -9.24. The van der Waals surface area contributed by atoms with Gasteiger partial charge >= 0.3 is 0 Å². The summed E-state index contributed by atoms with van der Waals surface area (Å²) < 4.78 is 38.4. The van der Waals surface area contributed by atoms with Crippen LogP contribution in [-0.4, -0.2) is 204 Å². The average molecular weight is 1490 g/mol. The van der Waals surface area contributed by atoms with Crippen LogP contribution < -0.4 is 68.2 Å². The van der Waals surface area contributed by atoms with E-state index in [9.17, 15) is 70.2 Å². The van der Waals surface area contributed by atoms with Gasteiger partial charge in [0, 0.05) is 35.7 Å². The van der Waals surface area contributed by atoms with Gasteiger partial charge in [0.15, 0.2) is 23.9 Å². The number of carbonyl (C=O) groups is 8. The van der Waals surface area contributed by atoms with Crippen LogP contribution in [-0.2, 0) is 52.6 Å². The number of phenols is 3. The summed E-state index contributed by atoms with van der Waals surface area (Å²) in [5, 5.41) is 133. The summed E-state index contributed by atoms with van der Waals surface area (Å²) in [6.07, 6.45) is -18.5. The highest BCUT2D eigenvalue weighted by Crippen LogP contribution is 2.50. The lowest BCUT2D eigenvalue weighted by Gasteiger charge is -2.47. The predicted molar refractivity (Wildman–Crippen MR) is 362 cm³/mol. The van der Waals surface area contributed by atoms with Gasteiger partial charge in [-0.15, -0.1) is 0 Å². The first-order chi connectivity index (χ1) is 49.2. The number of hydrogen-bond acceptors (Lipinski definition) is 26. The minimum absolute atomic E-state index is 0.0984. The van der Waals surface area contributed by atoms with Crippen molar-refractivity contribution in [3.8, 4) is 57.1 Å². The summed E-state index contributed by atoms with van der Waals surface area (Å²) in [6.45, 7) is 4.62. The maximum Gasteiger partial charge on any atom is 0.248 e. The largest absolute Gasteiger partial charge is 0.508 e. The van der Waals surface area contributed by atoms with Gasteiger partial charge in [0.1, 0.15) is 95.5 Å². The molecule has 560 valence electrons. The molecule has 0 saturated carbocycles. The van der Waals surface area contributed by atoms with E-state index >= 15 is 19.2 Å². The van der Waals surface area contributed by atoms with Gasteiger partial charge in [-0.1, -0.05) is 55.2 Å². The zero-order valence-electron chi connectivity index (χ0n) is 56.2. The molecule has 5 aromatic carbocycles. The molecule has 22 N–H and O–H groups in total. The number of carbonyl (C=O) groups excluding carboxylic acids is 8. The molecule has 0 aliphatic carbocycles. The summed E-state index contributed by atoms with van der Waals surface area (Å²) in [4.78, 5) is 119. The number of fused-ring (bicyclic) bond motifs is 15. The number of rotatable bonds is 15. The molecule has 8 amide bonds. The van der Waals surface area contributed by atoms with Crippen molar-refractivity contribution in [2.75, 3.05) is 26.8 Å². The van der Waals surface area contributed by atoms with Crippen molar-refractivity contribution in [3.05, 3.63) is 117 Å². The topological polar surface area (TPSA) is 543 Å². The quantitative estimate of drug-likeness (QED) is 0.0606. The maximum atomic E-state index is 16.1. The number of ether oxygens (including phenoxy) is 6. The fraction of sp³-hybridized carbons (Fsp3) is 0.441. The van der Waals surface area contributed by atoms with Crippen molar-refractivity contribution in [1.82, 2.24) is 42.5 Å². The summed E-state index contributed by atoms with van der Waals surface area (Å²) in [6, 6.07) is -0.0487. The third kappa shape index (κ3) is 16.6. The Labute approximate surface area is 602 Å². The lowest BCUT2D eigenvalue weighted by atomic mass is 9.86. The molecule has 0 unspecified atom stereocenters. The number of aliphatic hydroxyl groups excluding tert-OH is 7. The number of halogens is 2. The minimum atomic E-state index is -2.34. The van der Waals surface area contributed by atoms with Gasteiger partial charge in [0.05, 0.1) is 47.9 Å². The number of hydrogen-bond donors (Lipinski definition) is 20. The van der Waals surface area contributed by atoms with Crippen LogP contribution in [0.4, 0.5) is 0 Å². The molecule has 0 spiro atoms. The zero-order chi connectivity index (χ0) is 75.7. The van der Waals surface area contributed by atoms with Crippen LogP contribution in [0.15, 0.2) is 78.9 Å². The van der Waals surface area contributed by atoms with Gasteiger partial charge in [-0.3, -0.25) is 38.4 Å². The average Bonchev–Trinajstić information content (AvgIpc) is 0.765. The standard InChI is InChI=1S/C68H80Cl2N10O24/c1-25(2)14-36(73-5)60(92)79-51-53(87)28-7-10-40(34(69)16-28)100-42-18-30-19-43(57(42)104-67-58(56(90)55(89)44(24-82)102-67)103-46-23-68(4,72)59(91)26(3)99-46)101-41-11-8-29(17-35(41)70)54(88)52-66(98)78-50(62(94)74-12-13-81)33-20-31(83)21-39(85)47(33)32-15-27(6-9-38(32)84)48(63(95)80-52)77-64(96)49(30)76-61(93)37(22-45(71)86)75-65(51)97/h6-11,15-21,25-26,36-37,44,46,48-56,58-59,67,73,81-85,87-91H,12-14,22-24,72H2,1-5H3,(H2,71,86)(H,74,94)(H,75,97)(H,76,93)(H,77,96)(H,78,98)(H,79,92)(H,80,95)/t26-,36+,37-,44+,46-,48+,49+,50-,51+,52-,53+,54+,55+,56-,58+,59+,67-,68-/m0/s1. The Balaban J connectivity index is 1.24. The van der Waals surface area contributed by atoms with Crippen molar-refractivity contribution in [3.63, 3.8) is 0 Å². The first-order valence-corrected chi connectivity index (χ1v) is 33.6. The van der Waals surface area contributed by atoms with Gasteiger partial charge in [0.2, 0.25) is 59.3 Å². The highest BCUT2D eigenvalue weighted by Gasteiger charge is 2.52. The molecule has 34 nitrogen and oxygen atoms in total. The Morgan fingerprint density at radius 1 is 0.712 bits per heavy atom. The summed E-state index contributed by atoms with van der Waals surface area (Å²) >= 11 is 14.2. The third-order valence-electron chi connectivity index (χ3n) is 18.2. The lowest BCUT2D eigenvalue weighted by Crippen LogP contribution is -2.64. The Morgan fingerprint density at radius 3 is 1.92 bits per heavy atom. The van der Waals surface area contributed by atoms with E-state index in [0.29, 0.717) is 0 Å². The fourth-order valence-corrected chi connectivity index (χ4v) is 13.2. The number of benzene rings is 5. The van der Waals surface area contributed by atoms with Crippen molar-refractivity contribution >= 4 is 70.5 Å². The van der Waals surface area contributed by atoms with Crippen LogP contribution in [0.25, 0.3) is 11.1 Å². The van der Waals surface area contributed by atoms with Crippen molar-refractivity contribution < 1.29 is 118 Å². The van der Waals surface area contributed by atoms with Gasteiger partial charge in [-0.05, 0) is 116 Å². The molecule has 18 atom stereocenters. The van der Waals surface area contributed by atoms with Gasteiger partial charge < -0.3 is 133 Å². The highest BCUT2D eigenvalue weighted by molar-refractivity contribution is 6.32. The number of likely N-dealkylation sites (N-methyl/N-ethyl adjacent to an activating group) is 1. The van der Waals surface area contributed by atoms with E-state index in [1.54, 1.807) is 0 Å². The van der Waals surface area contributed by atoms with Crippen LogP contribution in [0.2, 0.25) is 10.0 Å². The molecule has 7 aliphatic heterocycles. The smallest absolute Gasteiger partial charge is 0.248 e. The Bertz CT molecular complexity index is 4140. The van der Waals surface area contributed by atoms with E-state index in [0.717, 1.165) is 60.7 Å². The Morgan fingerprint density at radius 2 is 1.33 bits per heavy atom. The molecule has 2 fully saturated rings. The molecule has 104 heavy (non-hydrogen) atoms. The van der Waals surface area contributed by atoms with Crippen LogP contribution >= 0.6 is 23.2 Å². The number of aliphatic hydroxyl groups is 7. The molecule has 0 aromatic heterocycles. The van der Waals surface area contributed by atoms with Gasteiger partial charge in [-0.25, -0.2) is 0 Å². The number of amides is 8. The van der Waals surface area contributed by atoms with Crippen molar-refractivity contribution in [1.29, 1.82) is 0 Å². The number of primary amides is 1.